The van der Waals surface area contributed by atoms with Crippen LogP contribution in [0, 0.1) is 5.92 Å². The molecule has 3 saturated heterocycles. The molecule has 3 N–H and O–H groups in total. The van der Waals surface area contributed by atoms with Gasteiger partial charge < -0.3 is 30.3 Å². The molecular weight excluding hydrogens is 412 g/mol. The number of nitrogens with one attached hydrogen (secondary N) is 1. The summed E-state index contributed by atoms with van der Waals surface area (Å²) in [5.41, 5.74) is 7.01. The average molecular weight is 436 g/mol. The van der Waals surface area contributed by atoms with Crippen molar-refractivity contribution >= 4 is 17.7 Å². The SMILES string of the molecule is COC12[C@@H]3N[C@@H]3CN1C1=C(C(=O)C(N3CC3c3ccccc3)=C(C)C1=O)[C@@H]2COC(N)=O. The second-order valence-electron chi connectivity index (χ2n) is 8.97. The van der Waals surface area contributed by atoms with E-state index in [2.05, 4.69) is 5.32 Å². The molecular formula is C23H24N4O5. The summed E-state index contributed by atoms with van der Waals surface area (Å²) in [4.78, 5) is 42.8. The van der Waals surface area contributed by atoms with Gasteiger partial charge in [0.1, 0.15) is 6.61 Å². The Kier molecular flexibility index (Phi) is 3.92. The first kappa shape index (κ1) is 19.5. The van der Waals surface area contributed by atoms with Gasteiger partial charge in [-0.05, 0) is 12.5 Å². The number of nitrogens with two attached hydrogens (primary N) is 1. The highest BCUT2D eigenvalue weighted by Crippen LogP contribution is 2.57. The van der Waals surface area contributed by atoms with E-state index in [0.29, 0.717) is 35.6 Å². The van der Waals surface area contributed by atoms with Gasteiger partial charge >= 0.3 is 6.09 Å². The standard InChI is InChI=1S/C23H24N4O5/c1-11-17(26-9-15(26)12-6-4-3-5-7-12)20(29)16-13(10-32-22(24)30)23(31-2)21-14(25-21)8-27(23)18(16)19(11)28/h3-7,13-15,21,25H,8-10H2,1-2H3,(H2,24,30)/t13-,14+,15?,21+,23?,26?/m0/s1. The summed E-state index contributed by atoms with van der Waals surface area (Å²) in [6, 6.07) is 10.1. The molecule has 6 rings (SSSR count). The number of carbonyl (C=O) groups is 3. The van der Waals surface area contributed by atoms with E-state index in [1.165, 1.54) is 0 Å². The van der Waals surface area contributed by atoms with Crippen molar-refractivity contribution in [2.24, 2.45) is 11.7 Å². The van der Waals surface area contributed by atoms with E-state index in [1.54, 1.807) is 14.0 Å². The number of nitrogens with zero attached hydrogens (tertiary/aromatic N) is 2. The Morgan fingerprint density at radius 1 is 1.19 bits per heavy atom. The van der Waals surface area contributed by atoms with Gasteiger partial charge in [-0.15, -0.1) is 0 Å². The molecule has 0 spiro atoms. The highest BCUT2D eigenvalue weighted by Gasteiger charge is 2.73. The van der Waals surface area contributed by atoms with Gasteiger partial charge in [0.05, 0.1) is 29.4 Å². The van der Waals surface area contributed by atoms with E-state index in [9.17, 15) is 14.4 Å². The number of ketones is 2. The van der Waals surface area contributed by atoms with Crippen molar-refractivity contribution in [1.82, 2.24) is 15.1 Å². The summed E-state index contributed by atoms with van der Waals surface area (Å²) >= 11 is 0. The third-order valence-corrected chi connectivity index (χ3v) is 7.48. The topological polar surface area (TPSA) is 124 Å². The van der Waals surface area contributed by atoms with E-state index < -0.39 is 17.7 Å². The van der Waals surface area contributed by atoms with Crippen molar-refractivity contribution in [2.45, 2.75) is 30.8 Å². The second kappa shape index (κ2) is 6.43. The molecule has 0 bridgehead atoms. The summed E-state index contributed by atoms with van der Waals surface area (Å²) < 4.78 is 11.2. The second-order valence-corrected chi connectivity index (χ2v) is 8.97. The summed E-state index contributed by atoms with van der Waals surface area (Å²) in [5, 5.41) is 3.36. The number of Topliss-reactive ketones (excluding diaryl/α,β-unsaturated/α-hetero) is 2. The minimum Gasteiger partial charge on any atom is -0.449 e. The lowest BCUT2D eigenvalue weighted by atomic mass is 9.82. The van der Waals surface area contributed by atoms with Crippen molar-refractivity contribution in [1.29, 1.82) is 0 Å². The Balaban J connectivity index is 1.40. The monoisotopic (exact) mass is 436 g/mol. The number of rotatable bonds is 5. The molecule has 5 aliphatic rings. The van der Waals surface area contributed by atoms with Crippen LogP contribution in [0.3, 0.4) is 0 Å². The maximum Gasteiger partial charge on any atom is 0.404 e. The van der Waals surface area contributed by atoms with Crippen molar-refractivity contribution in [2.75, 3.05) is 26.8 Å². The minimum absolute atomic E-state index is 0.0535. The minimum atomic E-state index is -0.955. The molecule has 9 heteroatoms. The number of ether oxygens (including phenoxy) is 2. The highest BCUT2D eigenvalue weighted by atomic mass is 16.6. The van der Waals surface area contributed by atoms with Crippen molar-refractivity contribution in [3.05, 3.63) is 58.4 Å². The van der Waals surface area contributed by atoms with Crippen LogP contribution < -0.4 is 11.1 Å². The van der Waals surface area contributed by atoms with Crippen LogP contribution in [0.1, 0.15) is 18.5 Å². The van der Waals surface area contributed by atoms with Crippen molar-refractivity contribution < 1.29 is 23.9 Å². The van der Waals surface area contributed by atoms with Crippen LogP contribution in [0.25, 0.3) is 0 Å². The lowest BCUT2D eigenvalue weighted by Crippen LogP contribution is -2.55. The fraction of sp³-hybridized carbons (Fsp3) is 0.435. The first-order chi connectivity index (χ1) is 15.4. The van der Waals surface area contributed by atoms with Crippen LogP contribution in [0.15, 0.2) is 52.9 Å². The first-order valence-corrected chi connectivity index (χ1v) is 10.8. The molecule has 1 aliphatic carbocycles. The Morgan fingerprint density at radius 2 is 1.94 bits per heavy atom. The van der Waals surface area contributed by atoms with E-state index in [1.807, 2.05) is 40.1 Å². The zero-order valence-electron chi connectivity index (χ0n) is 17.8. The van der Waals surface area contributed by atoms with Gasteiger partial charge in [0, 0.05) is 37.4 Å². The molecule has 4 aliphatic heterocycles. The van der Waals surface area contributed by atoms with E-state index >= 15 is 0 Å². The number of methoxy groups -OCH3 is 1. The lowest BCUT2D eigenvalue weighted by molar-refractivity contribution is -0.137. The Labute approximate surface area is 184 Å². The van der Waals surface area contributed by atoms with E-state index in [-0.39, 0.29) is 36.3 Å². The summed E-state index contributed by atoms with van der Waals surface area (Å²) in [7, 11) is 1.57. The smallest absolute Gasteiger partial charge is 0.404 e. The van der Waals surface area contributed by atoms with Crippen LogP contribution in [0.2, 0.25) is 0 Å². The van der Waals surface area contributed by atoms with Gasteiger partial charge in [0.15, 0.2) is 5.72 Å². The van der Waals surface area contributed by atoms with Gasteiger partial charge in [0.25, 0.3) is 0 Å². The van der Waals surface area contributed by atoms with Gasteiger partial charge in [-0.25, -0.2) is 4.79 Å². The van der Waals surface area contributed by atoms with Gasteiger partial charge in [0.2, 0.25) is 11.6 Å². The predicted molar refractivity (Wildman–Crippen MR) is 112 cm³/mol. The fourth-order valence-corrected chi connectivity index (χ4v) is 5.97. The number of piperazine rings is 1. The number of hydrogen-bond donors (Lipinski definition) is 2. The quantitative estimate of drug-likeness (QED) is 0.504. The van der Waals surface area contributed by atoms with Crippen LogP contribution in [0.5, 0.6) is 0 Å². The molecule has 32 heavy (non-hydrogen) atoms. The largest absolute Gasteiger partial charge is 0.449 e. The van der Waals surface area contributed by atoms with E-state index in [4.69, 9.17) is 15.2 Å². The number of hydrogen-bond acceptors (Lipinski definition) is 8. The molecule has 166 valence electrons. The third kappa shape index (κ3) is 2.37. The summed E-state index contributed by atoms with van der Waals surface area (Å²) in [6.45, 7) is 2.82. The number of fused-ring (bicyclic) bond motifs is 4. The van der Waals surface area contributed by atoms with Gasteiger partial charge in [-0.1, -0.05) is 30.3 Å². The number of primary amides is 1. The Morgan fingerprint density at radius 3 is 2.62 bits per heavy atom. The van der Waals surface area contributed by atoms with Crippen LogP contribution in [0.4, 0.5) is 4.79 Å². The molecule has 0 radical (unpaired) electrons. The Hall–Kier alpha value is -3.17. The molecule has 1 aromatic rings. The Bertz CT molecular complexity index is 1130. The number of benzene rings is 1. The average Bonchev–Trinajstić information content (AvgIpc) is 3.68. The van der Waals surface area contributed by atoms with Gasteiger partial charge in [-0.2, -0.15) is 0 Å². The van der Waals surface area contributed by atoms with E-state index in [0.717, 1.165) is 5.56 Å². The van der Waals surface area contributed by atoms with Crippen LogP contribution in [-0.2, 0) is 19.1 Å². The molecule has 0 saturated carbocycles. The van der Waals surface area contributed by atoms with Crippen molar-refractivity contribution in [3.63, 3.8) is 0 Å². The molecule has 3 fully saturated rings. The summed E-state index contributed by atoms with van der Waals surface area (Å²) in [5.74, 6) is -0.982. The maximum absolute atomic E-state index is 13.9. The number of amides is 1. The number of carbonyl (C=O) groups excluding carboxylic acids is 3. The lowest BCUT2D eigenvalue weighted by Gasteiger charge is -2.39. The molecule has 1 aromatic carbocycles. The molecule has 2 unspecified atom stereocenters. The number of allylic oxidation sites excluding steroid dienone is 2. The van der Waals surface area contributed by atoms with Crippen LogP contribution >= 0.6 is 0 Å². The first-order valence-electron chi connectivity index (χ1n) is 10.8. The normalized spacial score (nSPS) is 34.6. The molecule has 1 amide bonds. The third-order valence-electron chi connectivity index (χ3n) is 7.48. The van der Waals surface area contributed by atoms with Crippen LogP contribution in [-0.4, -0.2) is 72.1 Å². The zero-order valence-corrected chi connectivity index (χ0v) is 17.8. The molecule has 4 heterocycles. The molecule has 0 aromatic heterocycles. The summed E-state index contributed by atoms with van der Waals surface area (Å²) in [6.07, 6.45) is -0.924. The van der Waals surface area contributed by atoms with Gasteiger partial charge in [-0.3, -0.25) is 9.59 Å². The molecule has 9 nitrogen and oxygen atoms in total. The fourth-order valence-electron chi connectivity index (χ4n) is 5.97. The highest BCUT2D eigenvalue weighted by molar-refractivity contribution is 6.25. The molecule has 5 atom stereocenters. The van der Waals surface area contributed by atoms with Crippen molar-refractivity contribution in [3.8, 4) is 0 Å². The maximum atomic E-state index is 13.9. The zero-order chi connectivity index (χ0) is 22.4. The predicted octanol–water partition coefficient (Wildman–Crippen LogP) is 0.447.